The molecule has 25 heavy (non-hydrogen) atoms. The highest BCUT2D eigenvalue weighted by molar-refractivity contribution is 5.93. The third-order valence-corrected chi connectivity index (χ3v) is 4.32. The van der Waals surface area contributed by atoms with E-state index in [9.17, 15) is 9.90 Å². The second-order valence-corrected chi connectivity index (χ2v) is 6.67. The van der Waals surface area contributed by atoms with Crippen molar-refractivity contribution in [2.24, 2.45) is 0 Å². The number of carbonyl (C=O) groups is 1. The van der Waals surface area contributed by atoms with Gasteiger partial charge in [0, 0.05) is 32.2 Å². The van der Waals surface area contributed by atoms with Crippen molar-refractivity contribution in [1.29, 1.82) is 0 Å². The van der Waals surface area contributed by atoms with Crippen molar-refractivity contribution >= 4 is 5.91 Å². The lowest BCUT2D eigenvalue weighted by Crippen LogP contribution is -2.30. The maximum Gasteiger partial charge on any atom is 0.253 e. The summed E-state index contributed by atoms with van der Waals surface area (Å²) in [6, 6.07) is 17.8. The van der Waals surface area contributed by atoms with Crippen LogP contribution in [0.15, 0.2) is 54.6 Å². The van der Waals surface area contributed by atoms with E-state index in [0.29, 0.717) is 18.2 Å². The van der Waals surface area contributed by atoms with Gasteiger partial charge in [-0.05, 0) is 43.0 Å². The Morgan fingerprint density at radius 3 is 2.32 bits per heavy atom. The summed E-state index contributed by atoms with van der Waals surface area (Å²) in [6.45, 7) is 2.67. The summed E-state index contributed by atoms with van der Waals surface area (Å²) in [7, 11) is 3.51. The van der Waals surface area contributed by atoms with Crippen LogP contribution in [0.4, 0.5) is 0 Å². The summed E-state index contributed by atoms with van der Waals surface area (Å²) < 4.78 is 0. The van der Waals surface area contributed by atoms with E-state index < -0.39 is 6.10 Å². The number of hydrogen-bond acceptors (Lipinski definition) is 3. The molecule has 0 saturated carbocycles. The van der Waals surface area contributed by atoms with Gasteiger partial charge in [0.2, 0.25) is 0 Å². The van der Waals surface area contributed by atoms with Crippen LogP contribution < -0.4 is 5.32 Å². The highest BCUT2D eigenvalue weighted by atomic mass is 16.3. The average molecular weight is 340 g/mol. The second kappa shape index (κ2) is 9.35. The molecule has 0 radical (unpaired) electrons. The smallest absolute Gasteiger partial charge is 0.253 e. The molecular weight excluding hydrogens is 312 g/mol. The highest BCUT2D eigenvalue weighted by Gasteiger charge is 2.10. The summed E-state index contributed by atoms with van der Waals surface area (Å²) >= 11 is 0. The molecule has 134 valence electrons. The Labute approximate surface area is 150 Å². The number of aliphatic hydroxyl groups is 1. The first-order valence-electron chi connectivity index (χ1n) is 8.74. The summed E-state index contributed by atoms with van der Waals surface area (Å²) in [5.74, 6) is 0.0245. The summed E-state index contributed by atoms with van der Waals surface area (Å²) in [6.07, 6.45) is 1.43. The van der Waals surface area contributed by atoms with Crippen molar-refractivity contribution in [2.75, 3.05) is 20.6 Å². The van der Waals surface area contributed by atoms with Gasteiger partial charge in [-0.3, -0.25) is 4.79 Å². The number of benzene rings is 2. The lowest BCUT2D eigenvalue weighted by Gasteiger charge is -2.17. The molecule has 0 fully saturated rings. The van der Waals surface area contributed by atoms with Crippen LogP contribution in [0.1, 0.15) is 40.9 Å². The topological polar surface area (TPSA) is 52.6 Å². The molecule has 2 rings (SSSR count). The predicted molar refractivity (Wildman–Crippen MR) is 102 cm³/mol. The molecule has 0 heterocycles. The Bertz CT molecular complexity index is 653. The van der Waals surface area contributed by atoms with Gasteiger partial charge >= 0.3 is 0 Å². The Hall–Kier alpha value is -2.17. The average Bonchev–Trinajstić information content (AvgIpc) is 2.64. The molecule has 0 aliphatic heterocycles. The lowest BCUT2D eigenvalue weighted by atomic mass is 10.0. The molecule has 0 aromatic heterocycles. The fraction of sp³-hybridized carbons (Fsp3) is 0.381. The van der Waals surface area contributed by atoms with Gasteiger partial charge in [-0.25, -0.2) is 0 Å². The Balaban J connectivity index is 1.76. The predicted octanol–water partition coefficient (Wildman–Crippen LogP) is 3.03. The maximum absolute atomic E-state index is 11.9. The van der Waals surface area contributed by atoms with Gasteiger partial charge in [0.25, 0.3) is 5.91 Å². The van der Waals surface area contributed by atoms with Gasteiger partial charge in [0.1, 0.15) is 0 Å². The number of rotatable bonds is 8. The molecule has 0 spiro atoms. The van der Waals surface area contributed by atoms with Crippen molar-refractivity contribution in [2.45, 2.75) is 31.9 Å². The zero-order valence-electron chi connectivity index (χ0n) is 15.3. The Morgan fingerprint density at radius 2 is 1.72 bits per heavy atom. The Morgan fingerprint density at radius 1 is 1.08 bits per heavy atom. The molecular formula is C21H28N2O2. The quantitative estimate of drug-likeness (QED) is 0.777. The fourth-order valence-corrected chi connectivity index (χ4v) is 2.66. The van der Waals surface area contributed by atoms with Crippen LogP contribution in [0.25, 0.3) is 0 Å². The standard InChI is InChI=1S/C21H28N2O2/c1-16(22-15-20(24)18-7-5-4-6-8-18)9-10-17-11-13-19(14-12-17)21(25)23(2)3/h4-8,11-14,16,20,22,24H,9-10,15H2,1-3H3/t16-,20+/m1/s1. The van der Waals surface area contributed by atoms with E-state index in [1.807, 2.05) is 54.6 Å². The van der Waals surface area contributed by atoms with E-state index in [1.54, 1.807) is 19.0 Å². The molecule has 0 aliphatic carbocycles. The number of carbonyl (C=O) groups excluding carboxylic acids is 1. The second-order valence-electron chi connectivity index (χ2n) is 6.67. The van der Waals surface area contributed by atoms with Crippen molar-refractivity contribution in [3.05, 3.63) is 71.3 Å². The number of aryl methyl sites for hydroxylation is 1. The zero-order valence-corrected chi connectivity index (χ0v) is 15.3. The van der Waals surface area contributed by atoms with E-state index in [0.717, 1.165) is 18.4 Å². The van der Waals surface area contributed by atoms with Crippen molar-refractivity contribution in [1.82, 2.24) is 10.2 Å². The Kier molecular flexibility index (Phi) is 7.16. The van der Waals surface area contributed by atoms with E-state index in [-0.39, 0.29) is 5.91 Å². The van der Waals surface area contributed by atoms with Crippen molar-refractivity contribution < 1.29 is 9.90 Å². The first-order valence-corrected chi connectivity index (χ1v) is 8.74. The molecule has 2 aromatic carbocycles. The normalized spacial score (nSPS) is 13.3. The molecule has 0 unspecified atom stereocenters. The fourth-order valence-electron chi connectivity index (χ4n) is 2.66. The van der Waals surface area contributed by atoms with Gasteiger partial charge in [-0.15, -0.1) is 0 Å². The van der Waals surface area contributed by atoms with Gasteiger partial charge in [0.15, 0.2) is 0 Å². The molecule has 4 heteroatoms. The number of aliphatic hydroxyl groups excluding tert-OH is 1. The van der Waals surface area contributed by atoms with Crippen LogP contribution in [-0.2, 0) is 6.42 Å². The monoisotopic (exact) mass is 340 g/mol. The molecule has 1 amide bonds. The van der Waals surface area contributed by atoms with E-state index in [2.05, 4.69) is 12.2 Å². The molecule has 0 bridgehead atoms. The molecule has 0 aliphatic rings. The molecule has 4 nitrogen and oxygen atoms in total. The van der Waals surface area contributed by atoms with Gasteiger partial charge in [-0.2, -0.15) is 0 Å². The SMILES string of the molecule is C[C@H](CCc1ccc(C(=O)N(C)C)cc1)NC[C@H](O)c1ccccc1. The van der Waals surface area contributed by atoms with E-state index in [4.69, 9.17) is 0 Å². The van der Waals surface area contributed by atoms with Crippen LogP contribution in [-0.4, -0.2) is 42.6 Å². The van der Waals surface area contributed by atoms with Crippen LogP contribution in [0, 0.1) is 0 Å². The van der Waals surface area contributed by atoms with E-state index >= 15 is 0 Å². The van der Waals surface area contributed by atoms with Crippen molar-refractivity contribution in [3.63, 3.8) is 0 Å². The van der Waals surface area contributed by atoms with Crippen LogP contribution in [0.2, 0.25) is 0 Å². The number of amides is 1. The first kappa shape index (κ1) is 19.2. The molecule has 2 atom stereocenters. The third kappa shape index (κ3) is 6.00. The minimum Gasteiger partial charge on any atom is -0.387 e. The summed E-state index contributed by atoms with van der Waals surface area (Å²) in [5, 5.41) is 13.6. The lowest BCUT2D eigenvalue weighted by molar-refractivity contribution is 0.0827. The largest absolute Gasteiger partial charge is 0.387 e. The van der Waals surface area contributed by atoms with Gasteiger partial charge < -0.3 is 15.3 Å². The molecule has 2 N–H and O–H groups in total. The maximum atomic E-state index is 11.9. The van der Waals surface area contributed by atoms with Crippen LogP contribution >= 0.6 is 0 Å². The molecule has 0 saturated heterocycles. The van der Waals surface area contributed by atoms with Gasteiger partial charge in [-0.1, -0.05) is 42.5 Å². The van der Waals surface area contributed by atoms with Crippen molar-refractivity contribution in [3.8, 4) is 0 Å². The minimum absolute atomic E-state index is 0.0245. The number of nitrogens with zero attached hydrogens (tertiary/aromatic N) is 1. The van der Waals surface area contributed by atoms with Gasteiger partial charge in [0.05, 0.1) is 6.10 Å². The zero-order chi connectivity index (χ0) is 18.2. The van der Waals surface area contributed by atoms with Crippen LogP contribution in [0.5, 0.6) is 0 Å². The number of hydrogen-bond donors (Lipinski definition) is 2. The first-order chi connectivity index (χ1) is 12.0. The highest BCUT2D eigenvalue weighted by Crippen LogP contribution is 2.12. The van der Waals surface area contributed by atoms with Crippen LogP contribution in [0.3, 0.4) is 0 Å². The molecule has 2 aromatic rings. The minimum atomic E-state index is -0.486. The number of nitrogens with one attached hydrogen (secondary N) is 1. The summed E-state index contributed by atoms with van der Waals surface area (Å²) in [5.41, 5.74) is 2.86. The summed E-state index contributed by atoms with van der Waals surface area (Å²) in [4.78, 5) is 13.5. The van der Waals surface area contributed by atoms with E-state index in [1.165, 1.54) is 5.56 Å². The third-order valence-electron chi connectivity index (χ3n) is 4.32.